The summed E-state index contributed by atoms with van der Waals surface area (Å²) in [6.45, 7) is 0.175. The number of carbonyl (C=O) groups excluding carboxylic acids is 1. The second kappa shape index (κ2) is 6.18. The number of rotatable bonds is 5. The highest BCUT2D eigenvalue weighted by Gasteiger charge is 2.35. The third-order valence-electron chi connectivity index (χ3n) is 3.12. The first-order valence-corrected chi connectivity index (χ1v) is 5.82. The van der Waals surface area contributed by atoms with Crippen molar-refractivity contribution in [2.45, 2.75) is 43.7 Å². The molecule has 0 heterocycles. The summed E-state index contributed by atoms with van der Waals surface area (Å²) < 4.78 is 4.90. The number of aliphatic hydroxyl groups is 1. The molecule has 5 nitrogen and oxygen atoms in total. The molecule has 5 heteroatoms. The molecule has 94 valence electrons. The van der Waals surface area contributed by atoms with Crippen LogP contribution in [-0.2, 0) is 9.53 Å². The Morgan fingerprint density at radius 2 is 2.12 bits per heavy atom. The van der Waals surface area contributed by atoms with Gasteiger partial charge in [0.1, 0.15) is 0 Å². The van der Waals surface area contributed by atoms with Crippen molar-refractivity contribution >= 4 is 5.91 Å². The molecule has 0 saturated heterocycles. The van der Waals surface area contributed by atoms with E-state index in [-0.39, 0.29) is 18.6 Å². The van der Waals surface area contributed by atoms with Crippen molar-refractivity contribution in [2.75, 3.05) is 20.3 Å². The zero-order valence-electron chi connectivity index (χ0n) is 9.87. The van der Waals surface area contributed by atoms with Crippen molar-refractivity contribution in [2.24, 2.45) is 5.73 Å². The highest BCUT2D eigenvalue weighted by molar-refractivity contribution is 5.86. The zero-order chi connectivity index (χ0) is 12.0. The van der Waals surface area contributed by atoms with Crippen LogP contribution in [0.25, 0.3) is 0 Å². The van der Waals surface area contributed by atoms with E-state index in [0.29, 0.717) is 6.61 Å². The Labute approximate surface area is 96.3 Å². The van der Waals surface area contributed by atoms with Gasteiger partial charge in [-0.25, -0.2) is 0 Å². The van der Waals surface area contributed by atoms with E-state index in [2.05, 4.69) is 5.32 Å². The molecule has 1 aliphatic rings. The maximum absolute atomic E-state index is 12.0. The van der Waals surface area contributed by atoms with Crippen LogP contribution in [0.5, 0.6) is 0 Å². The zero-order valence-corrected chi connectivity index (χ0v) is 9.87. The lowest BCUT2D eigenvalue weighted by Gasteiger charge is -2.33. The number of carbonyl (C=O) groups is 1. The summed E-state index contributed by atoms with van der Waals surface area (Å²) in [5.74, 6) is -0.164. The third kappa shape index (κ3) is 3.43. The van der Waals surface area contributed by atoms with Crippen molar-refractivity contribution in [1.29, 1.82) is 0 Å². The van der Waals surface area contributed by atoms with Crippen LogP contribution in [0.4, 0.5) is 0 Å². The Kier molecular flexibility index (Phi) is 5.18. The summed E-state index contributed by atoms with van der Waals surface area (Å²) in [4.78, 5) is 12.0. The number of ether oxygens (including phenoxy) is 1. The van der Waals surface area contributed by atoms with Crippen LogP contribution in [0.1, 0.15) is 32.1 Å². The van der Waals surface area contributed by atoms with Crippen molar-refractivity contribution < 1.29 is 14.6 Å². The molecule has 1 saturated carbocycles. The maximum Gasteiger partial charge on any atom is 0.240 e. The molecular weight excluding hydrogens is 208 g/mol. The molecule has 1 atom stereocenters. The number of amides is 1. The number of nitrogens with two attached hydrogens (primary N) is 1. The van der Waals surface area contributed by atoms with Gasteiger partial charge in [0.2, 0.25) is 5.91 Å². The lowest BCUT2D eigenvalue weighted by molar-refractivity contribution is -0.129. The lowest BCUT2D eigenvalue weighted by Crippen LogP contribution is -2.58. The van der Waals surface area contributed by atoms with E-state index in [4.69, 9.17) is 15.6 Å². The average Bonchev–Trinajstić information content (AvgIpc) is 2.29. The molecular formula is C11H22N2O3. The van der Waals surface area contributed by atoms with Gasteiger partial charge >= 0.3 is 0 Å². The minimum Gasteiger partial charge on any atom is -0.394 e. The molecule has 0 aromatic heterocycles. The fraction of sp³-hybridized carbons (Fsp3) is 0.909. The van der Waals surface area contributed by atoms with Crippen LogP contribution in [0.2, 0.25) is 0 Å². The number of methoxy groups -OCH3 is 1. The van der Waals surface area contributed by atoms with Crippen LogP contribution >= 0.6 is 0 Å². The van der Waals surface area contributed by atoms with Gasteiger partial charge < -0.3 is 20.9 Å². The fourth-order valence-electron chi connectivity index (χ4n) is 2.08. The first-order valence-electron chi connectivity index (χ1n) is 5.82. The van der Waals surface area contributed by atoms with Crippen LogP contribution in [0, 0.1) is 0 Å². The van der Waals surface area contributed by atoms with Gasteiger partial charge in [-0.3, -0.25) is 4.79 Å². The summed E-state index contributed by atoms with van der Waals surface area (Å²) in [5, 5.41) is 11.8. The van der Waals surface area contributed by atoms with E-state index in [1.807, 2.05) is 0 Å². The van der Waals surface area contributed by atoms with Crippen LogP contribution in [0.3, 0.4) is 0 Å². The van der Waals surface area contributed by atoms with E-state index in [0.717, 1.165) is 32.1 Å². The van der Waals surface area contributed by atoms with Gasteiger partial charge in [-0.15, -0.1) is 0 Å². The molecule has 0 bridgehead atoms. The molecule has 4 N–H and O–H groups in total. The molecule has 1 amide bonds. The minimum absolute atomic E-state index is 0.129. The summed E-state index contributed by atoms with van der Waals surface area (Å²) in [6, 6.07) is -0.361. The van der Waals surface area contributed by atoms with Crippen molar-refractivity contribution in [3.8, 4) is 0 Å². The highest BCUT2D eigenvalue weighted by atomic mass is 16.5. The van der Waals surface area contributed by atoms with Gasteiger partial charge in [-0.2, -0.15) is 0 Å². The van der Waals surface area contributed by atoms with Crippen molar-refractivity contribution in [3.05, 3.63) is 0 Å². The predicted molar refractivity (Wildman–Crippen MR) is 60.9 cm³/mol. The minimum atomic E-state index is -0.751. The molecule has 16 heavy (non-hydrogen) atoms. The Balaban J connectivity index is 2.48. The van der Waals surface area contributed by atoms with E-state index in [1.54, 1.807) is 0 Å². The molecule has 0 spiro atoms. The van der Waals surface area contributed by atoms with Crippen LogP contribution < -0.4 is 11.1 Å². The Morgan fingerprint density at radius 3 is 2.62 bits per heavy atom. The van der Waals surface area contributed by atoms with E-state index in [1.165, 1.54) is 7.11 Å². The van der Waals surface area contributed by atoms with Crippen molar-refractivity contribution in [1.82, 2.24) is 5.32 Å². The first kappa shape index (κ1) is 13.4. The molecule has 1 unspecified atom stereocenters. The molecule has 0 aliphatic heterocycles. The largest absolute Gasteiger partial charge is 0.394 e. The van der Waals surface area contributed by atoms with E-state index < -0.39 is 5.54 Å². The maximum atomic E-state index is 12.0. The first-order chi connectivity index (χ1) is 7.62. The summed E-state index contributed by atoms with van der Waals surface area (Å²) in [6.07, 6.45) is 4.59. The van der Waals surface area contributed by atoms with Gasteiger partial charge in [0.15, 0.2) is 0 Å². The Hall–Kier alpha value is -0.650. The van der Waals surface area contributed by atoms with Gasteiger partial charge in [0.25, 0.3) is 0 Å². The highest BCUT2D eigenvalue weighted by Crippen LogP contribution is 2.25. The second-order valence-corrected chi connectivity index (χ2v) is 4.53. The summed E-state index contributed by atoms with van der Waals surface area (Å²) in [7, 11) is 1.54. The predicted octanol–water partition coefficient (Wildman–Crippen LogP) is -0.228. The average molecular weight is 230 g/mol. The van der Waals surface area contributed by atoms with Gasteiger partial charge in [0.05, 0.1) is 24.8 Å². The molecule has 1 fully saturated rings. The quantitative estimate of drug-likeness (QED) is 0.609. The molecule has 0 radical (unpaired) electrons. The molecule has 0 aromatic rings. The topological polar surface area (TPSA) is 84.6 Å². The Morgan fingerprint density at radius 1 is 1.50 bits per heavy atom. The van der Waals surface area contributed by atoms with Crippen LogP contribution in [-0.4, -0.2) is 42.9 Å². The van der Waals surface area contributed by atoms with Gasteiger partial charge in [-0.1, -0.05) is 19.3 Å². The number of hydrogen-bond acceptors (Lipinski definition) is 4. The third-order valence-corrected chi connectivity index (χ3v) is 3.12. The van der Waals surface area contributed by atoms with Crippen LogP contribution in [0.15, 0.2) is 0 Å². The van der Waals surface area contributed by atoms with Gasteiger partial charge in [-0.05, 0) is 12.8 Å². The number of nitrogens with one attached hydrogen (secondary N) is 1. The monoisotopic (exact) mass is 230 g/mol. The Bertz CT molecular complexity index is 227. The van der Waals surface area contributed by atoms with E-state index in [9.17, 15) is 4.79 Å². The normalized spacial score (nSPS) is 21.4. The lowest BCUT2D eigenvalue weighted by atomic mass is 9.82. The summed E-state index contributed by atoms with van der Waals surface area (Å²) in [5.41, 5.74) is 5.32. The fourth-order valence-corrected chi connectivity index (χ4v) is 2.08. The standard InChI is InChI=1S/C11H22N2O3/c1-16-8-9(7-14)13-10(15)11(12)5-3-2-4-6-11/h9,14H,2-8,12H2,1H3,(H,13,15). The van der Waals surface area contributed by atoms with Gasteiger partial charge in [0, 0.05) is 7.11 Å². The van der Waals surface area contributed by atoms with E-state index >= 15 is 0 Å². The molecule has 1 rings (SSSR count). The molecule has 0 aromatic carbocycles. The SMILES string of the molecule is COCC(CO)NC(=O)C1(N)CCCCC1. The second-order valence-electron chi connectivity index (χ2n) is 4.53. The number of hydrogen-bond donors (Lipinski definition) is 3. The molecule has 1 aliphatic carbocycles. The van der Waals surface area contributed by atoms with Crippen molar-refractivity contribution in [3.63, 3.8) is 0 Å². The smallest absolute Gasteiger partial charge is 0.240 e. The number of aliphatic hydroxyl groups excluding tert-OH is 1. The summed E-state index contributed by atoms with van der Waals surface area (Å²) >= 11 is 0.